The third-order valence-electron chi connectivity index (χ3n) is 5.07. The van der Waals surface area contributed by atoms with E-state index >= 15 is 0 Å². The lowest BCUT2D eigenvalue weighted by Gasteiger charge is -2.29. The van der Waals surface area contributed by atoms with Crippen molar-refractivity contribution in [2.24, 2.45) is 0 Å². The molecule has 3 aliphatic rings. The minimum absolute atomic E-state index is 0.145. The minimum Gasteiger partial charge on any atom is -0.348 e. The first-order valence-corrected chi connectivity index (χ1v) is 9.86. The molecule has 1 N–H and O–H groups in total. The molecule has 5 atom stereocenters. The van der Waals surface area contributed by atoms with E-state index in [0.29, 0.717) is 11.6 Å². The van der Waals surface area contributed by atoms with Crippen LogP contribution in [0.15, 0.2) is 24.3 Å². The molecule has 1 aromatic carbocycles. The Morgan fingerprint density at radius 2 is 1.93 bits per heavy atom. The molecule has 154 valence electrons. The predicted molar refractivity (Wildman–Crippen MR) is 101 cm³/mol. The summed E-state index contributed by atoms with van der Waals surface area (Å²) in [4.78, 5) is 12.7. The SMILES string of the molecule is CC1(C)O[C@H]2O[C@H]([C@H]3COC(C)(C)O3)[C@@H](NC(=O)Cc3cccc(Cl)c3)[C@H]2O1. The number of carbonyl (C=O) groups excluding carboxylic acids is 1. The number of fused-ring (bicyclic) bond motifs is 1. The van der Waals surface area contributed by atoms with E-state index in [4.69, 9.17) is 35.3 Å². The zero-order chi connectivity index (χ0) is 20.1. The van der Waals surface area contributed by atoms with Gasteiger partial charge in [-0.3, -0.25) is 4.79 Å². The van der Waals surface area contributed by atoms with Crippen LogP contribution in [0.25, 0.3) is 0 Å². The lowest BCUT2D eigenvalue weighted by Crippen LogP contribution is -2.52. The fourth-order valence-electron chi connectivity index (χ4n) is 3.96. The topological polar surface area (TPSA) is 75.3 Å². The molecule has 1 aromatic rings. The predicted octanol–water partition coefficient (Wildman–Crippen LogP) is 2.40. The van der Waals surface area contributed by atoms with E-state index in [1.807, 2.05) is 39.8 Å². The molecule has 0 radical (unpaired) electrons. The highest BCUT2D eigenvalue weighted by Gasteiger charge is 2.58. The van der Waals surface area contributed by atoms with E-state index in [1.165, 1.54) is 0 Å². The second-order valence-corrected chi connectivity index (χ2v) is 8.77. The van der Waals surface area contributed by atoms with Crippen LogP contribution in [0, 0.1) is 0 Å². The molecule has 1 amide bonds. The fourth-order valence-corrected chi connectivity index (χ4v) is 4.17. The summed E-state index contributed by atoms with van der Waals surface area (Å²) in [5, 5.41) is 3.66. The van der Waals surface area contributed by atoms with Crippen molar-refractivity contribution in [2.45, 2.75) is 76.3 Å². The molecule has 3 fully saturated rings. The summed E-state index contributed by atoms with van der Waals surface area (Å²) >= 11 is 6.02. The lowest BCUT2D eigenvalue weighted by atomic mass is 10.0. The molecule has 4 rings (SSSR count). The van der Waals surface area contributed by atoms with Gasteiger partial charge in [0.2, 0.25) is 5.91 Å². The summed E-state index contributed by atoms with van der Waals surface area (Å²) in [5.41, 5.74) is 0.836. The van der Waals surface area contributed by atoms with Crippen molar-refractivity contribution in [3.63, 3.8) is 0 Å². The molecule has 3 aliphatic heterocycles. The molecule has 7 nitrogen and oxygen atoms in total. The maximum absolute atomic E-state index is 12.7. The van der Waals surface area contributed by atoms with E-state index < -0.39 is 36.1 Å². The molecule has 3 heterocycles. The van der Waals surface area contributed by atoms with Gasteiger partial charge in [-0.15, -0.1) is 0 Å². The molecule has 0 spiro atoms. The summed E-state index contributed by atoms with van der Waals surface area (Å²) in [7, 11) is 0. The minimum atomic E-state index is -0.775. The molecule has 0 aromatic heterocycles. The van der Waals surface area contributed by atoms with Crippen molar-refractivity contribution in [3.8, 4) is 0 Å². The van der Waals surface area contributed by atoms with E-state index in [0.717, 1.165) is 5.56 Å². The van der Waals surface area contributed by atoms with Gasteiger partial charge in [-0.2, -0.15) is 0 Å². The third kappa shape index (κ3) is 4.20. The van der Waals surface area contributed by atoms with Crippen LogP contribution in [-0.2, 0) is 34.9 Å². The van der Waals surface area contributed by atoms with Crippen molar-refractivity contribution >= 4 is 17.5 Å². The summed E-state index contributed by atoms with van der Waals surface area (Å²) in [6.07, 6.45) is -1.54. The van der Waals surface area contributed by atoms with Gasteiger partial charge in [-0.25, -0.2) is 0 Å². The van der Waals surface area contributed by atoms with Gasteiger partial charge in [0.25, 0.3) is 0 Å². The molecular weight excluding hydrogens is 386 g/mol. The van der Waals surface area contributed by atoms with Crippen LogP contribution in [0.2, 0.25) is 5.02 Å². The molecule has 0 aliphatic carbocycles. The number of nitrogens with one attached hydrogen (secondary N) is 1. The molecule has 0 unspecified atom stereocenters. The molecule has 8 heteroatoms. The van der Waals surface area contributed by atoms with Crippen LogP contribution in [-0.4, -0.2) is 54.7 Å². The quantitative estimate of drug-likeness (QED) is 0.820. The highest BCUT2D eigenvalue weighted by molar-refractivity contribution is 6.30. The Bertz CT molecular complexity index is 754. The Kier molecular flexibility index (Phi) is 5.18. The van der Waals surface area contributed by atoms with Crippen molar-refractivity contribution in [3.05, 3.63) is 34.9 Å². The standard InChI is InChI=1S/C20H26ClNO6/c1-19(2)24-10-13(26-19)16-15(17-18(25-16)28-20(3,4)27-17)22-14(23)9-11-6-5-7-12(21)8-11/h5-8,13,15-18H,9-10H2,1-4H3,(H,22,23)/t13-,15-,16-,17-,18-/m1/s1. The Balaban J connectivity index is 1.49. The van der Waals surface area contributed by atoms with E-state index in [-0.39, 0.29) is 18.4 Å². The first-order chi connectivity index (χ1) is 13.1. The second kappa shape index (κ2) is 7.23. The van der Waals surface area contributed by atoms with Crippen molar-refractivity contribution < 1.29 is 28.5 Å². The molecule has 28 heavy (non-hydrogen) atoms. The van der Waals surface area contributed by atoms with E-state index in [9.17, 15) is 4.79 Å². The van der Waals surface area contributed by atoms with E-state index in [1.54, 1.807) is 12.1 Å². The normalized spacial score (nSPS) is 35.7. The van der Waals surface area contributed by atoms with Gasteiger partial charge >= 0.3 is 0 Å². The van der Waals surface area contributed by atoms with Crippen LogP contribution in [0.1, 0.15) is 33.3 Å². The smallest absolute Gasteiger partial charge is 0.224 e. The number of rotatable bonds is 4. The number of halogens is 1. The Morgan fingerprint density at radius 3 is 2.61 bits per heavy atom. The molecule has 3 saturated heterocycles. The van der Waals surface area contributed by atoms with Gasteiger partial charge in [0, 0.05) is 5.02 Å². The number of amides is 1. The number of hydrogen-bond donors (Lipinski definition) is 1. The van der Waals surface area contributed by atoms with Gasteiger partial charge in [-0.1, -0.05) is 23.7 Å². The number of carbonyl (C=O) groups is 1. The van der Waals surface area contributed by atoms with Crippen molar-refractivity contribution in [2.75, 3.05) is 6.61 Å². The average molecular weight is 412 g/mol. The zero-order valence-corrected chi connectivity index (χ0v) is 17.2. The summed E-state index contributed by atoms with van der Waals surface area (Å²) in [6, 6.07) is 6.83. The number of ether oxygens (including phenoxy) is 5. The number of benzene rings is 1. The summed E-state index contributed by atoms with van der Waals surface area (Å²) in [5.74, 6) is -1.61. The average Bonchev–Trinajstić information content (AvgIpc) is 3.18. The van der Waals surface area contributed by atoms with Gasteiger partial charge in [0.1, 0.15) is 18.3 Å². The monoisotopic (exact) mass is 411 g/mol. The van der Waals surface area contributed by atoms with Gasteiger partial charge in [0.15, 0.2) is 17.9 Å². The first-order valence-electron chi connectivity index (χ1n) is 9.49. The highest BCUT2D eigenvalue weighted by atomic mass is 35.5. The molecular formula is C20H26ClNO6. The van der Waals surface area contributed by atoms with Gasteiger partial charge in [0.05, 0.1) is 19.1 Å². The number of hydrogen-bond acceptors (Lipinski definition) is 6. The van der Waals surface area contributed by atoms with Crippen LogP contribution in [0.5, 0.6) is 0 Å². The second-order valence-electron chi connectivity index (χ2n) is 8.34. The molecule has 0 bridgehead atoms. The van der Waals surface area contributed by atoms with Crippen LogP contribution >= 0.6 is 11.6 Å². The highest BCUT2D eigenvalue weighted by Crippen LogP contribution is 2.40. The molecule has 0 saturated carbocycles. The van der Waals surface area contributed by atoms with Gasteiger partial charge in [-0.05, 0) is 45.4 Å². The van der Waals surface area contributed by atoms with Crippen molar-refractivity contribution in [1.29, 1.82) is 0 Å². The van der Waals surface area contributed by atoms with E-state index in [2.05, 4.69) is 5.32 Å². The summed E-state index contributed by atoms with van der Waals surface area (Å²) < 4.78 is 29.6. The van der Waals surface area contributed by atoms with Gasteiger partial charge < -0.3 is 29.0 Å². The van der Waals surface area contributed by atoms with Crippen molar-refractivity contribution in [1.82, 2.24) is 5.32 Å². The fraction of sp³-hybridized carbons (Fsp3) is 0.650. The lowest BCUT2D eigenvalue weighted by molar-refractivity contribution is -0.223. The summed E-state index contributed by atoms with van der Waals surface area (Å²) in [6.45, 7) is 7.73. The Hall–Kier alpha value is -1.22. The first kappa shape index (κ1) is 20.1. The Morgan fingerprint density at radius 1 is 1.14 bits per heavy atom. The Labute approximate surface area is 169 Å². The third-order valence-corrected chi connectivity index (χ3v) is 5.30. The van der Waals surface area contributed by atoms with Crippen LogP contribution in [0.3, 0.4) is 0 Å². The van der Waals surface area contributed by atoms with Crippen LogP contribution in [0.4, 0.5) is 0 Å². The maximum Gasteiger partial charge on any atom is 0.224 e. The maximum atomic E-state index is 12.7. The zero-order valence-electron chi connectivity index (χ0n) is 16.4. The largest absolute Gasteiger partial charge is 0.348 e. The van der Waals surface area contributed by atoms with Crippen LogP contribution < -0.4 is 5.32 Å².